The van der Waals surface area contributed by atoms with E-state index >= 15 is 0 Å². The highest BCUT2D eigenvalue weighted by molar-refractivity contribution is 5.86. The molecule has 0 radical (unpaired) electrons. The average molecular weight is 250 g/mol. The molecule has 96 valence electrons. The van der Waals surface area contributed by atoms with Crippen LogP contribution in [0.3, 0.4) is 0 Å². The van der Waals surface area contributed by atoms with Crippen molar-refractivity contribution in [2.45, 2.75) is 6.92 Å². The van der Waals surface area contributed by atoms with Crippen LogP contribution in [0.25, 0.3) is 0 Å². The van der Waals surface area contributed by atoms with E-state index in [1.807, 2.05) is 0 Å². The van der Waals surface area contributed by atoms with E-state index in [0.717, 1.165) is 5.69 Å². The number of esters is 1. The van der Waals surface area contributed by atoms with Gasteiger partial charge in [-0.25, -0.2) is 4.79 Å². The molecule has 1 aromatic rings. The Morgan fingerprint density at radius 1 is 1.44 bits per heavy atom. The van der Waals surface area contributed by atoms with Gasteiger partial charge in [0.15, 0.2) is 0 Å². The number of carbonyl (C=O) groups is 1. The first-order valence-electron chi connectivity index (χ1n) is 5.31. The van der Waals surface area contributed by atoms with E-state index in [9.17, 15) is 14.9 Å². The molecule has 1 aromatic carbocycles. The first kappa shape index (κ1) is 13.7. The molecule has 0 spiro atoms. The normalized spacial score (nSPS) is 9.61. The van der Waals surface area contributed by atoms with Crippen molar-refractivity contribution in [3.8, 4) is 0 Å². The van der Waals surface area contributed by atoms with E-state index in [0.29, 0.717) is 12.1 Å². The molecule has 0 aliphatic heterocycles. The van der Waals surface area contributed by atoms with Gasteiger partial charge in [0.05, 0.1) is 4.92 Å². The van der Waals surface area contributed by atoms with Crippen molar-refractivity contribution in [2.24, 2.45) is 0 Å². The van der Waals surface area contributed by atoms with E-state index in [1.54, 1.807) is 19.1 Å². The third-order valence-corrected chi connectivity index (χ3v) is 2.09. The molecule has 0 aliphatic carbocycles. The number of rotatable bonds is 6. The summed E-state index contributed by atoms with van der Waals surface area (Å²) in [5, 5.41) is 13.4. The molecule has 18 heavy (non-hydrogen) atoms. The molecule has 0 saturated carbocycles. The number of hydrogen-bond acceptors (Lipinski definition) is 5. The summed E-state index contributed by atoms with van der Waals surface area (Å²) >= 11 is 0. The summed E-state index contributed by atoms with van der Waals surface area (Å²) in [7, 11) is 0. The van der Waals surface area contributed by atoms with Crippen molar-refractivity contribution < 1.29 is 14.5 Å². The molecule has 0 aliphatic rings. The smallest absolute Gasteiger partial charge is 0.333 e. The van der Waals surface area contributed by atoms with Crippen LogP contribution in [-0.2, 0) is 9.53 Å². The molecule has 1 rings (SSSR count). The quantitative estimate of drug-likeness (QED) is 0.275. The second kappa shape index (κ2) is 6.39. The Hall–Kier alpha value is -2.37. The molecule has 0 atom stereocenters. The van der Waals surface area contributed by atoms with E-state index in [2.05, 4.69) is 11.9 Å². The SMILES string of the molecule is C=C(C)C(=O)OCCNc1ccc([N+](=O)[O-])cc1. The fourth-order valence-electron chi connectivity index (χ4n) is 1.16. The van der Waals surface area contributed by atoms with Crippen LogP contribution < -0.4 is 5.32 Å². The molecular weight excluding hydrogens is 236 g/mol. The summed E-state index contributed by atoms with van der Waals surface area (Å²) in [6.45, 7) is 5.67. The van der Waals surface area contributed by atoms with Gasteiger partial charge in [-0.2, -0.15) is 0 Å². The molecule has 0 amide bonds. The first-order valence-corrected chi connectivity index (χ1v) is 5.31. The topological polar surface area (TPSA) is 81.5 Å². The third kappa shape index (κ3) is 4.25. The fourth-order valence-corrected chi connectivity index (χ4v) is 1.16. The maximum absolute atomic E-state index is 11.0. The lowest BCUT2D eigenvalue weighted by atomic mass is 10.3. The number of benzene rings is 1. The summed E-state index contributed by atoms with van der Waals surface area (Å²) < 4.78 is 4.88. The Labute approximate surface area is 104 Å². The van der Waals surface area contributed by atoms with Gasteiger partial charge in [0, 0.05) is 29.9 Å². The lowest BCUT2D eigenvalue weighted by molar-refractivity contribution is -0.384. The van der Waals surface area contributed by atoms with Gasteiger partial charge in [-0.05, 0) is 19.1 Å². The molecule has 0 fully saturated rings. The highest BCUT2D eigenvalue weighted by Crippen LogP contribution is 2.14. The van der Waals surface area contributed by atoms with E-state index in [-0.39, 0.29) is 12.3 Å². The second-order valence-corrected chi connectivity index (χ2v) is 3.65. The number of ether oxygens (including phenoxy) is 1. The van der Waals surface area contributed by atoms with Gasteiger partial charge in [0.1, 0.15) is 6.61 Å². The van der Waals surface area contributed by atoms with Crippen molar-refractivity contribution in [2.75, 3.05) is 18.5 Å². The summed E-state index contributed by atoms with van der Waals surface area (Å²) in [5.41, 5.74) is 1.12. The van der Waals surface area contributed by atoms with E-state index < -0.39 is 10.9 Å². The minimum Gasteiger partial charge on any atom is -0.460 e. The number of hydrogen-bond donors (Lipinski definition) is 1. The highest BCUT2D eigenvalue weighted by atomic mass is 16.6. The number of nitrogens with zero attached hydrogens (tertiary/aromatic N) is 1. The molecular formula is C12H14N2O4. The number of nitrogens with one attached hydrogen (secondary N) is 1. The number of nitro groups is 1. The lowest BCUT2D eigenvalue weighted by Crippen LogP contribution is -2.13. The predicted octanol–water partition coefficient (Wildman–Crippen LogP) is 2.13. The van der Waals surface area contributed by atoms with Gasteiger partial charge in [0.25, 0.3) is 5.69 Å². The summed E-state index contributed by atoms with van der Waals surface area (Å²) in [6, 6.07) is 6.00. The zero-order chi connectivity index (χ0) is 13.5. The van der Waals surface area contributed by atoms with Crippen LogP contribution in [0, 0.1) is 10.1 Å². The van der Waals surface area contributed by atoms with Crippen molar-refractivity contribution >= 4 is 17.3 Å². The van der Waals surface area contributed by atoms with Crippen molar-refractivity contribution in [3.63, 3.8) is 0 Å². The Morgan fingerprint density at radius 2 is 2.06 bits per heavy atom. The summed E-state index contributed by atoms with van der Waals surface area (Å²) in [5.74, 6) is -0.430. The van der Waals surface area contributed by atoms with Gasteiger partial charge < -0.3 is 10.1 Å². The third-order valence-electron chi connectivity index (χ3n) is 2.09. The van der Waals surface area contributed by atoms with Gasteiger partial charge in [0.2, 0.25) is 0 Å². The molecule has 0 unspecified atom stereocenters. The predicted molar refractivity (Wildman–Crippen MR) is 67.4 cm³/mol. The van der Waals surface area contributed by atoms with Gasteiger partial charge in [-0.3, -0.25) is 10.1 Å². The molecule has 0 heterocycles. The number of anilines is 1. The lowest BCUT2D eigenvalue weighted by Gasteiger charge is -2.07. The monoisotopic (exact) mass is 250 g/mol. The number of non-ortho nitro benzene ring substituents is 1. The van der Waals surface area contributed by atoms with Crippen LogP contribution in [-0.4, -0.2) is 24.0 Å². The average Bonchev–Trinajstić information content (AvgIpc) is 2.34. The number of carbonyl (C=O) groups excluding carboxylic acids is 1. The van der Waals surface area contributed by atoms with Crippen LogP contribution in [0.15, 0.2) is 36.4 Å². The maximum Gasteiger partial charge on any atom is 0.333 e. The van der Waals surface area contributed by atoms with Crippen molar-refractivity contribution in [3.05, 3.63) is 46.5 Å². The Bertz CT molecular complexity index is 454. The fraction of sp³-hybridized carbons (Fsp3) is 0.250. The van der Waals surface area contributed by atoms with Crippen LogP contribution in [0.1, 0.15) is 6.92 Å². The zero-order valence-corrected chi connectivity index (χ0v) is 10.0. The van der Waals surface area contributed by atoms with Crippen LogP contribution in [0.5, 0.6) is 0 Å². The highest BCUT2D eigenvalue weighted by Gasteiger charge is 2.04. The molecule has 0 bridgehead atoms. The summed E-state index contributed by atoms with van der Waals surface area (Å²) in [4.78, 5) is 21.0. The van der Waals surface area contributed by atoms with Crippen LogP contribution >= 0.6 is 0 Å². The van der Waals surface area contributed by atoms with Crippen LogP contribution in [0.4, 0.5) is 11.4 Å². The largest absolute Gasteiger partial charge is 0.460 e. The Morgan fingerprint density at radius 3 is 2.56 bits per heavy atom. The van der Waals surface area contributed by atoms with Gasteiger partial charge in [-0.15, -0.1) is 0 Å². The maximum atomic E-state index is 11.0. The second-order valence-electron chi connectivity index (χ2n) is 3.65. The molecule has 0 saturated heterocycles. The minimum absolute atomic E-state index is 0.0364. The van der Waals surface area contributed by atoms with Crippen molar-refractivity contribution in [1.29, 1.82) is 0 Å². The Balaban J connectivity index is 2.34. The van der Waals surface area contributed by atoms with Gasteiger partial charge >= 0.3 is 5.97 Å². The molecule has 0 aromatic heterocycles. The van der Waals surface area contributed by atoms with Crippen LogP contribution in [0.2, 0.25) is 0 Å². The molecule has 6 nitrogen and oxygen atoms in total. The van der Waals surface area contributed by atoms with Gasteiger partial charge in [-0.1, -0.05) is 6.58 Å². The minimum atomic E-state index is -0.460. The molecule has 1 N–H and O–H groups in total. The Kier molecular flexibility index (Phi) is 4.86. The molecule has 6 heteroatoms. The van der Waals surface area contributed by atoms with E-state index in [1.165, 1.54) is 12.1 Å². The zero-order valence-electron chi connectivity index (χ0n) is 10.0. The summed E-state index contributed by atoms with van der Waals surface area (Å²) in [6.07, 6.45) is 0. The van der Waals surface area contributed by atoms with Crippen molar-refractivity contribution in [1.82, 2.24) is 0 Å². The number of nitro benzene ring substituents is 1. The van der Waals surface area contributed by atoms with E-state index in [4.69, 9.17) is 4.74 Å². The first-order chi connectivity index (χ1) is 8.50. The standard InChI is InChI=1S/C12H14N2O4/c1-9(2)12(15)18-8-7-13-10-3-5-11(6-4-10)14(16)17/h3-6,13H,1,7-8H2,2H3.